The normalized spacial score (nSPS) is 19.0. The molecule has 0 aliphatic carbocycles. The molecule has 0 radical (unpaired) electrons. The van der Waals surface area contributed by atoms with E-state index in [4.69, 9.17) is 23.2 Å². The van der Waals surface area contributed by atoms with Gasteiger partial charge in [-0.1, -0.05) is 47.5 Å². The van der Waals surface area contributed by atoms with Gasteiger partial charge < -0.3 is 5.32 Å². The summed E-state index contributed by atoms with van der Waals surface area (Å²) in [6.45, 7) is 0. The van der Waals surface area contributed by atoms with Crippen LogP contribution >= 0.6 is 23.2 Å². The third-order valence-electron chi connectivity index (χ3n) is 4.49. The van der Waals surface area contributed by atoms with E-state index in [1.165, 1.54) is 0 Å². The van der Waals surface area contributed by atoms with E-state index in [0.717, 1.165) is 17.4 Å². The van der Waals surface area contributed by atoms with Crippen LogP contribution in [0.5, 0.6) is 0 Å². The van der Waals surface area contributed by atoms with Crippen LogP contribution in [-0.2, 0) is 10.0 Å². The minimum absolute atomic E-state index is 0.0284. The van der Waals surface area contributed by atoms with Gasteiger partial charge in [-0.2, -0.15) is 4.98 Å². The first kappa shape index (κ1) is 19.0. The number of halogens is 2. The molecule has 2 heterocycles. The summed E-state index contributed by atoms with van der Waals surface area (Å²) in [7, 11) is -3.48. The lowest BCUT2D eigenvalue weighted by Crippen LogP contribution is -2.28. The van der Waals surface area contributed by atoms with E-state index in [9.17, 15) is 8.42 Å². The molecule has 2 atom stereocenters. The third-order valence-corrected chi connectivity index (χ3v) is 5.55. The minimum Gasteiger partial charge on any atom is -0.347 e. The molecule has 0 saturated carbocycles. The van der Waals surface area contributed by atoms with E-state index in [1.807, 2.05) is 48.5 Å². The number of hydrogen-bond acceptors (Lipinski definition) is 5. The van der Waals surface area contributed by atoms with Crippen molar-refractivity contribution in [1.29, 1.82) is 0 Å². The van der Waals surface area contributed by atoms with Crippen LogP contribution in [-0.4, -0.2) is 29.4 Å². The quantitative estimate of drug-likeness (QED) is 0.640. The van der Waals surface area contributed by atoms with Crippen molar-refractivity contribution in [2.45, 2.75) is 18.5 Å². The molecule has 2 aromatic carbocycles. The molecule has 0 fully saturated rings. The smallest absolute Gasteiger partial charge is 0.257 e. The van der Waals surface area contributed by atoms with Crippen LogP contribution in [0.15, 0.2) is 48.5 Å². The lowest BCUT2D eigenvalue weighted by Gasteiger charge is -2.31. The molecule has 1 aromatic heterocycles. The van der Waals surface area contributed by atoms with Gasteiger partial charge in [0, 0.05) is 10.0 Å². The zero-order valence-corrected chi connectivity index (χ0v) is 17.1. The molecule has 0 bridgehead atoms. The second kappa shape index (κ2) is 7.27. The monoisotopic (exact) mass is 437 g/mol. The molecular weight excluding hydrogens is 421 g/mol. The fourth-order valence-corrected chi connectivity index (χ4v) is 3.93. The lowest BCUT2D eigenvalue weighted by atomic mass is 9.93. The zero-order chi connectivity index (χ0) is 19.9. The van der Waals surface area contributed by atoms with E-state index in [2.05, 4.69) is 20.1 Å². The van der Waals surface area contributed by atoms with E-state index in [1.54, 1.807) is 4.68 Å². The van der Waals surface area contributed by atoms with Crippen LogP contribution < -0.4 is 10.0 Å². The molecule has 0 unspecified atom stereocenters. The van der Waals surface area contributed by atoms with E-state index in [-0.39, 0.29) is 18.0 Å². The largest absolute Gasteiger partial charge is 0.347 e. The van der Waals surface area contributed by atoms with Crippen LogP contribution in [0.3, 0.4) is 0 Å². The Balaban J connectivity index is 1.75. The summed E-state index contributed by atoms with van der Waals surface area (Å²) in [6.07, 6.45) is 1.76. The van der Waals surface area contributed by atoms with Crippen molar-refractivity contribution in [2.24, 2.45) is 0 Å². The number of anilines is 2. The number of aromatic nitrogens is 3. The van der Waals surface area contributed by atoms with Crippen molar-refractivity contribution >= 4 is 45.1 Å². The molecule has 2 N–H and O–H groups in total. The molecule has 4 rings (SSSR count). The van der Waals surface area contributed by atoms with Crippen molar-refractivity contribution in [2.75, 3.05) is 16.3 Å². The maximum atomic E-state index is 11.6. The number of sulfonamides is 1. The standard InChI is InChI=1S/C18H17Cl2N5O2S/c1-28(26,27)24-17-22-18-21-15(11-2-6-13(19)7-3-11)10-16(25(18)23-17)12-4-8-14(20)9-5-12/h2-9,15-16H,10H2,1H3,(H2,21,22,23,24)/t15-,16+/m0/s1. The van der Waals surface area contributed by atoms with Crippen molar-refractivity contribution in [3.05, 3.63) is 69.7 Å². The molecule has 0 spiro atoms. The Morgan fingerprint density at radius 2 is 1.61 bits per heavy atom. The fraction of sp³-hybridized carbons (Fsp3) is 0.222. The van der Waals surface area contributed by atoms with Gasteiger partial charge in [-0.3, -0.25) is 4.72 Å². The first-order valence-electron chi connectivity index (χ1n) is 8.50. The maximum absolute atomic E-state index is 11.6. The summed E-state index contributed by atoms with van der Waals surface area (Å²) in [5.74, 6) is 0.512. The average molecular weight is 438 g/mol. The molecule has 1 aliphatic rings. The van der Waals surface area contributed by atoms with Crippen LogP contribution in [0.2, 0.25) is 10.0 Å². The highest BCUT2D eigenvalue weighted by Crippen LogP contribution is 2.38. The predicted molar refractivity (Wildman–Crippen MR) is 111 cm³/mol. The molecule has 0 saturated heterocycles. The van der Waals surface area contributed by atoms with Gasteiger partial charge in [0.15, 0.2) is 0 Å². The van der Waals surface area contributed by atoms with Gasteiger partial charge in [0.05, 0.1) is 18.3 Å². The number of benzene rings is 2. The Morgan fingerprint density at radius 1 is 1.04 bits per heavy atom. The Kier molecular flexibility index (Phi) is 4.95. The molecule has 28 heavy (non-hydrogen) atoms. The van der Waals surface area contributed by atoms with Gasteiger partial charge in [0.2, 0.25) is 16.0 Å². The predicted octanol–water partition coefficient (Wildman–Crippen LogP) is 4.10. The first-order chi connectivity index (χ1) is 13.3. The average Bonchev–Trinajstić information content (AvgIpc) is 3.02. The molecule has 146 valence electrons. The van der Waals surface area contributed by atoms with Gasteiger partial charge in [-0.25, -0.2) is 13.1 Å². The SMILES string of the molecule is CS(=O)(=O)Nc1nc2n(n1)[C@@H](c1ccc(Cl)cc1)C[C@@H](c1ccc(Cl)cc1)N2. The molecular formula is C18H17Cl2N5O2S. The highest BCUT2D eigenvalue weighted by atomic mass is 35.5. The summed E-state index contributed by atoms with van der Waals surface area (Å²) in [6, 6.07) is 14.9. The molecule has 7 nitrogen and oxygen atoms in total. The number of fused-ring (bicyclic) bond motifs is 1. The Bertz CT molecular complexity index is 1100. The van der Waals surface area contributed by atoms with Crippen LogP contribution in [0.1, 0.15) is 29.6 Å². The topological polar surface area (TPSA) is 88.9 Å². The number of nitrogens with zero attached hydrogens (tertiary/aromatic N) is 3. The summed E-state index contributed by atoms with van der Waals surface area (Å²) < 4.78 is 27.2. The van der Waals surface area contributed by atoms with Crippen molar-refractivity contribution in [3.8, 4) is 0 Å². The number of hydrogen-bond donors (Lipinski definition) is 2. The van der Waals surface area contributed by atoms with E-state index < -0.39 is 10.0 Å². The summed E-state index contributed by atoms with van der Waals surface area (Å²) in [5, 5.41) is 9.00. The lowest BCUT2D eigenvalue weighted by molar-refractivity contribution is 0.431. The fourth-order valence-electron chi connectivity index (χ4n) is 3.26. The van der Waals surface area contributed by atoms with Gasteiger partial charge in [0.1, 0.15) is 0 Å². The van der Waals surface area contributed by atoms with Crippen LogP contribution in [0.25, 0.3) is 0 Å². The molecule has 10 heteroatoms. The van der Waals surface area contributed by atoms with Gasteiger partial charge in [-0.15, -0.1) is 5.10 Å². The van der Waals surface area contributed by atoms with Gasteiger partial charge in [0.25, 0.3) is 5.95 Å². The van der Waals surface area contributed by atoms with Gasteiger partial charge >= 0.3 is 0 Å². The maximum Gasteiger partial charge on any atom is 0.257 e. The highest BCUT2D eigenvalue weighted by molar-refractivity contribution is 7.91. The van der Waals surface area contributed by atoms with Crippen LogP contribution in [0, 0.1) is 0 Å². The Morgan fingerprint density at radius 3 is 2.18 bits per heavy atom. The molecule has 0 amide bonds. The van der Waals surface area contributed by atoms with E-state index in [0.29, 0.717) is 22.4 Å². The third kappa shape index (κ3) is 4.09. The molecule has 3 aromatic rings. The highest BCUT2D eigenvalue weighted by Gasteiger charge is 2.31. The summed E-state index contributed by atoms with van der Waals surface area (Å²) >= 11 is 12.0. The molecule has 1 aliphatic heterocycles. The van der Waals surface area contributed by atoms with Crippen LogP contribution in [0.4, 0.5) is 11.9 Å². The van der Waals surface area contributed by atoms with Crippen molar-refractivity contribution in [3.63, 3.8) is 0 Å². The van der Waals surface area contributed by atoms with E-state index >= 15 is 0 Å². The second-order valence-corrected chi connectivity index (χ2v) is 9.25. The first-order valence-corrected chi connectivity index (χ1v) is 11.1. The number of rotatable bonds is 4. The summed E-state index contributed by atoms with van der Waals surface area (Å²) in [4.78, 5) is 4.32. The second-order valence-electron chi connectivity index (χ2n) is 6.63. The Labute approximate surface area is 172 Å². The Hall–Kier alpha value is -2.29. The van der Waals surface area contributed by atoms with Crippen molar-refractivity contribution < 1.29 is 8.42 Å². The van der Waals surface area contributed by atoms with Crippen molar-refractivity contribution in [1.82, 2.24) is 14.8 Å². The minimum atomic E-state index is -3.48. The zero-order valence-electron chi connectivity index (χ0n) is 14.8. The summed E-state index contributed by atoms with van der Waals surface area (Å²) in [5.41, 5.74) is 2.05. The van der Waals surface area contributed by atoms with Gasteiger partial charge in [-0.05, 0) is 41.8 Å². The number of nitrogens with one attached hydrogen (secondary N) is 2.